The van der Waals surface area contributed by atoms with E-state index in [2.05, 4.69) is 39.0 Å². The average molecular weight is 443 g/mol. The van der Waals surface area contributed by atoms with E-state index in [0.717, 1.165) is 28.0 Å². The van der Waals surface area contributed by atoms with Gasteiger partial charge in [-0.2, -0.15) is 0 Å². The fourth-order valence-electron chi connectivity index (χ4n) is 3.31. The quantitative estimate of drug-likeness (QED) is 0.231. The zero-order chi connectivity index (χ0) is 24.2. The Morgan fingerprint density at radius 2 is 1.67 bits per heavy atom. The van der Waals surface area contributed by atoms with Gasteiger partial charge < -0.3 is 9.47 Å². The van der Waals surface area contributed by atoms with Crippen LogP contribution in [0.25, 0.3) is 12.2 Å². The summed E-state index contributed by atoms with van der Waals surface area (Å²) in [5.41, 5.74) is 7.80. The predicted octanol–water partition coefficient (Wildman–Crippen LogP) is 7.34. The molecule has 2 aromatic rings. The van der Waals surface area contributed by atoms with Crippen LogP contribution < -0.4 is 4.74 Å². The highest BCUT2D eigenvalue weighted by molar-refractivity contribution is 5.83. The van der Waals surface area contributed by atoms with E-state index in [1.165, 1.54) is 22.8 Å². The van der Waals surface area contributed by atoms with Crippen LogP contribution in [0.15, 0.2) is 84.0 Å². The molecule has 0 saturated carbocycles. The van der Waals surface area contributed by atoms with Gasteiger partial charge in [0, 0.05) is 6.08 Å². The van der Waals surface area contributed by atoms with Crippen LogP contribution in [-0.2, 0) is 9.53 Å². The van der Waals surface area contributed by atoms with Gasteiger partial charge in [0.1, 0.15) is 12.4 Å². The summed E-state index contributed by atoms with van der Waals surface area (Å²) in [4.78, 5) is 12.0. The van der Waals surface area contributed by atoms with Gasteiger partial charge in [0.15, 0.2) is 0 Å². The lowest BCUT2D eigenvalue weighted by molar-refractivity contribution is -0.136. The van der Waals surface area contributed by atoms with Gasteiger partial charge in [0.05, 0.1) is 7.11 Å². The average Bonchev–Trinajstić information content (AvgIpc) is 2.79. The molecule has 0 atom stereocenters. The van der Waals surface area contributed by atoms with Gasteiger partial charge in [-0.15, -0.1) is 0 Å². The van der Waals surface area contributed by atoms with Crippen molar-refractivity contribution in [3.8, 4) is 5.75 Å². The smallest absolute Gasteiger partial charge is 0.331 e. The minimum atomic E-state index is -0.351. The maximum atomic E-state index is 12.0. The van der Waals surface area contributed by atoms with Crippen molar-refractivity contribution < 1.29 is 14.3 Å². The molecular weight excluding hydrogens is 408 g/mol. The largest absolute Gasteiger partial charge is 0.496 e. The second kappa shape index (κ2) is 13.1. The molecule has 172 valence electrons. The van der Waals surface area contributed by atoms with Crippen molar-refractivity contribution in [2.75, 3.05) is 13.7 Å². The van der Waals surface area contributed by atoms with Gasteiger partial charge in [-0.25, -0.2) is 4.79 Å². The van der Waals surface area contributed by atoms with Crippen molar-refractivity contribution >= 4 is 18.1 Å². The molecule has 2 rings (SSSR count). The summed E-state index contributed by atoms with van der Waals surface area (Å²) >= 11 is 0. The van der Waals surface area contributed by atoms with E-state index >= 15 is 0 Å². The molecule has 0 unspecified atom stereocenters. The van der Waals surface area contributed by atoms with Crippen LogP contribution >= 0.6 is 0 Å². The summed E-state index contributed by atoms with van der Waals surface area (Å²) in [7, 11) is 1.70. The maximum absolute atomic E-state index is 12.0. The first-order valence-electron chi connectivity index (χ1n) is 11.1. The highest BCUT2D eigenvalue weighted by Gasteiger charge is 2.08. The molecule has 0 radical (unpaired) electrons. The third kappa shape index (κ3) is 8.46. The van der Waals surface area contributed by atoms with Gasteiger partial charge in [0.2, 0.25) is 0 Å². The van der Waals surface area contributed by atoms with Gasteiger partial charge in [-0.1, -0.05) is 72.4 Å². The normalized spacial score (nSPS) is 12.8. The summed E-state index contributed by atoms with van der Waals surface area (Å²) in [6.07, 6.45) is 15.3. The number of esters is 1. The fraction of sp³-hybridized carbons (Fsp3) is 0.233. The van der Waals surface area contributed by atoms with Crippen molar-refractivity contribution in [3.63, 3.8) is 0 Å². The van der Waals surface area contributed by atoms with Crippen LogP contribution in [0, 0.1) is 20.8 Å². The van der Waals surface area contributed by atoms with Crippen molar-refractivity contribution in [2.45, 2.75) is 34.6 Å². The molecule has 0 aliphatic heterocycles. The van der Waals surface area contributed by atoms with Crippen molar-refractivity contribution in [1.29, 1.82) is 0 Å². The van der Waals surface area contributed by atoms with Crippen LogP contribution in [-0.4, -0.2) is 19.7 Å². The van der Waals surface area contributed by atoms with Gasteiger partial charge >= 0.3 is 5.97 Å². The van der Waals surface area contributed by atoms with E-state index in [0.29, 0.717) is 0 Å². The lowest BCUT2D eigenvalue weighted by atomic mass is 9.96. The number of benzene rings is 2. The standard InChI is InChI=1S/C30H34O3/c1-22(17-18-28-24(3)21-29(32-6)26(5)25(28)4)12-10-13-23(2)20-30(31)33-19-11-16-27-14-8-7-9-15-27/h7-18,20-21H,19H2,1-6H3/b13-10+,16-11+,18-17+,22-12+,23-20+. The molecule has 3 heteroatoms. The van der Waals surface area contributed by atoms with Crippen molar-refractivity contribution in [1.82, 2.24) is 0 Å². The number of aryl methyl sites for hydroxylation is 1. The van der Waals surface area contributed by atoms with E-state index in [-0.39, 0.29) is 12.6 Å². The first kappa shape index (κ1) is 25.7. The second-order valence-electron chi connectivity index (χ2n) is 7.99. The summed E-state index contributed by atoms with van der Waals surface area (Å²) < 4.78 is 10.7. The van der Waals surface area contributed by atoms with E-state index < -0.39 is 0 Å². The molecule has 0 aliphatic rings. The van der Waals surface area contributed by atoms with Crippen molar-refractivity contribution in [3.05, 3.63) is 112 Å². The van der Waals surface area contributed by atoms with Crippen LogP contribution in [0.1, 0.15) is 41.7 Å². The zero-order valence-electron chi connectivity index (χ0n) is 20.5. The van der Waals surface area contributed by atoms with Crippen LogP contribution in [0.2, 0.25) is 0 Å². The Balaban J connectivity index is 1.91. The molecule has 0 spiro atoms. The SMILES string of the molecule is COc1cc(C)c(/C=C/C(C)=C/C=C/C(C)=C/C(=O)OC/C=C/c2ccccc2)c(C)c1C. The van der Waals surface area contributed by atoms with E-state index in [1.807, 2.05) is 74.6 Å². The molecule has 0 saturated heterocycles. The number of methoxy groups -OCH3 is 1. The first-order valence-corrected chi connectivity index (χ1v) is 11.1. The van der Waals surface area contributed by atoms with Gasteiger partial charge in [0.25, 0.3) is 0 Å². The lowest BCUT2D eigenvalue weighted by Crippen LogP contribution is -2.00. The molecule has 0 bridgehead atoms. The Morgan fingerprint density at radius 1 is 0.939 bits per heavy atom. The topological polar surface area (TPSA) is 35.5 Å². The predicted molar refractivity (Wildman–Crippen MR) is 139 cm³/mol. The monoisotopic (exact) mass is 442 g/mol. The van der Waals surface area contributed by atoms with Gasteiger partial charge in [-0.05, 0) is 80.2 Å². The number of carbonyl (C=O) groups excluding carboxylic acids is 1. The third-order valence-corrected chi connectivity index (χ3v) is 5.34. The summed E-state index contributed by atoms with van der Waals surface area (Å²) in [5, 5.41) is 0. The Morgan fingerprint density at radius 3 is 2.36 bits per heavy atom. The van der Waals surface area contributed by atoms with E-state index in [4.69, 9.17) is 9.47 Å². The molecule has 0 N–H and O–H groups in total. The number of ether oxygens (including phenoxy) is 2. The highest BCUT2D eigenvalue weighted by Crippen LogP contribution is 2.28. The van der Waals surface area contributed by atoms with E-state index in [1.54, 1.807) is 7.11 Å². The minimum absolute atomic E-state index is 0.245. The second-order valence-corrected chi connectivity index (χ2v) is 7.99. The molecule has 0 fully saturated rings. The lowest BCUT2D eigenvalue weighted by Gasteiger charge is -2.13. The molecule has 2 aromatic carbocycles. The Kier molecular flexibility index (Phi) is 10.2. The molecule has 0 aromatic heterocycles. The Bertz CT molecular complexity index is 1100. The maximum Gasteiger partial charge on any atom is 0.331 e. The molecular formula is C30H34O3. The first-order chi connectivity index (χ1) is 15.8. The number of hydrogen-bond donors (Lipinski definition) is 0. The number of rotatable bonds is 9. The summed E-state index contributed by atoms with van der Waals surface area (Å²) in [5.74, 6) is 0.571. The molecule has 0 amide bonds. The number of hydrogen-bond acceptors (Lipinski definition) is 3. The van der Waals surface area contributed by atoms with Crippen LogP contribution in [0.5, 0.6) is 5.75 Å². The van der Waals surface area contributed by atoms with Gasteiger partial charge in [-0.3, -0.25) is 0 Å². The van der Waals surface area contributed by atoms with E-state index in [9.17, 15) is 4.79 Å². The summed E-state index contributed by atoms with van der Waals surface area (Å²) in [6.45, 7) is 10.5. The Hall–Kier alpha value is -3.59. The molecule has 3 nitrogen and oxygen atoms in total. The molecule has 0 aliphatic carbocycles. The Labute approximate surface area is 198 Å². The summed E-state index contributed by atoms with van der Waals surface area (Å²) in [6, 6.07) is 12.0. The fourth-order valence-corrected chi connectivity index (χ4v) is 3.31. The minimum Gasteiger partial charge on any atom is -0.496 e. The number of allylic oxidation sites excluding steroid dienone is 6. The third-order valence-electron chi connectivity index (χ3n) is 5.34. The van der Waals surface area contributed by atoms with Crippen LogP contribution in [0.3, 0.4) is 0 Å². The molecule has 0 heterocycles. The highest BCUT2D eigenvalue weighted by atomic mass is 16.5. The van der Waals surface area contributed by atoms with Crippen molar-refractivity contribution in [2.24, 2.45) is 0 Å². The molecule has 33 heavy (non-hydrogen) atoms. The van der Waals surface area contributed by atoms with Crippen LogP contribution in [0.4, 0.5) is 0 Å². The number of carbonyl (C=O) groups is 1. The zero-order valence-corrected chi connectivity index (χ0v) is 20.5.